The van der Waals surface area contributed by atoms with E-state index in [2.05, 4.69) is 31.2 Å². The van der Waals surface area contributed by atoms with Crippen LogP contribution in [0.4, 0.5) is 5.82 Å². The average molecular weight is 275 g/mol. The summed E-state index contributed by atoms with van der Waals surface area (Å²) in [4.78, 5) is 8.01. The molecule has 0 spiro atoms. The highest BCUT2D eigenvalue weighted by Crippen LogP contribution is 2.18. The van der Waals surface area contributed by atoms with Crippen LogP contribution in [-0.4, -0.2) is 36.3 Å². The van der Waals surface area contributed by atoms with E-state index in [4.69, 9.17) is 10.5 Å². The van der Waals surface area contributed by atoms with E-state index in [0.717, 1.165) is 16.7 Å². The SMILES string of the molecule is COCC(CCN)Nc1ncncc1Br. The van der Waals surface area contributed by atoms with Crippen LogP contribution in [0.1, 0.15) is 6.42 Å². The molecule has 84 valence electrons. The van der Waals surface area contributed by atoms with Gasteiger partial charge in [0.05, 0.1) is 17.1 Å². The lowest BCUT2D eigenvalue weighted by atomic mass is 10.2. The maximum absolute atomic E-state index is 5.51. The van der Waals surface area contributed by atoms with Crippen molar-refractivity contribution in [3.05, 3.63) is 17.0 Å². The van der Waals surface area contributed by atoms with Crippen molar-refractivity contribution in [2.24, 2.45) is 5.73 Å². The minimum atomic E-state index is 0.172. The molecule has 0 aliphatic rings. The van der Waals surface area contributed by atoms with Crippen molar-refractivity contribution in [2.75, 3.05) is 25.6 Å². The fraction of sp³-hybridized carbons (Fsp3) is 0.556. The average Bonchev–Trinajstić information content (AvgIpc) is 2.22. The number of methoxy groups -OCH3 is 1. The topological polar surface area (TPSA) is 73.1 Å². The van der Waals surface area contributed by atoms with Crippen molar-refractivity contribution in [3.8, 4) is 0 Å². The summed E-state index contributed by atoms with van der Waals surface area (Å²) < 4.78 is 5.93. The summed E-state index contributed by atoms with van der Waals surface area (Å²) in [5, 5.41) is 3.25. The van der Waals surface area contributed by atoms with E-state index < -0.39 is 0 Å². The lowest BCUT2D eigenvalue weighted by Gasteiger charge is -2.18. The van der Waals surface area contributed by atoms with Crippen LogP contribution in [0.2, 0.25) is 0 Å². The number of hydrogen-bond donors (Lipinski definition) is 2. The molecule has 0 radical (unpaired) electrons. The third kappa shape index (κ3) is 4.11. The summed E-state index contributed by atoms with van der Waals surface area (Å²) in [6, 6.07) is 0.172. The van der Waals surface area contributed by atoms with Crippen molar-refractivity contribution in [2.45, 2.75) is 12.5 Å². The number of anilines is 1. The molecule has 5 nitrogen and oxygen atoms in total. The predicted octanol–water partition coefficient (Wildman–Crippen LogP) is 1.01. The van der Waals surface area contributed by atoms with Crippen molar-refractivity contribution in [3.63, 3.8) is 0 Å². The van der Waals surface area contributed by atoms with Gasteiger partial charge in [-0.15, -0.1) is 0 Å². The molecule has 0 bridgehead atoms. The standard InChI is InChI=1S/C9H15BrN4O/c1-15-5-7(2-3-11)14-9-8(10)4-12-6-13-9/h4,6-7H,2-3,5,11H2,1H3,(H,12,13,14). The van der Waals surface area contributed by atoms with Crippen LogP contribution < -0.4 is 11.1 Å². The number of halogens is 1. The number of nitrogens with zero attached hydrogens (tertiary/aromatic N) is 2. The van der Waals surface area contributed by atoms with E-state index in [9.17, 15) is 0 Å². The number of nitrogens with two attached hydrogens (primary N) is 1. The molecule has 1 atom stereocenters. The zero-order valence-electron chi connectivity index (χ0n) is 8.61. The van der Waals surface area contributed by atoms with Gasteiger partial charge in [-0.1, -0.05) is 0 Å². The van der Waals surface area contributed by atoms with Gasteiger partial charge < -0.3 is 15.8 Å². The van der Waals surface area contributed by atoms with Gasteiger partial charge in [0.1, 0.15) is 12.1 Å². The normalized spacial score (nSPS) is 12.5. The molecule has 0 fully saturated rings. The Labute approximate surface area is 97.6 Å². The molecule has 0 saturated heterocycles. The zero-order valence-corrected chi connectivity index (χ0v) is 10.2. The lowest BCUT2D eigenvalue weighted by Crippen LogP contribution is -2.28. The highest BCUT2D eigenvalue weighted by Gasteiger charge is 2.09. The third-order valence-corrected chi connectivity index (χ3v) is 2.47. The summed E-state index contributed by atoms with van der Waals surface area (Å²) in [7, 11) is 1.67. The summed E-state index contributed by atoms with van der Waals surface area (Å²) in [6.07, 6.45) is 4.03. The maximum Gasteiger partial charge on any atom is 0.144 e. The molecule has 15 heavy (non-hydrogen) atoms. The van der Waals surface area contributed by atoms with Crippen LogP contribution in [-0.2, 0) is 4.74 Å². The highest BCUT2D eigenvalue weighted by molar-refractivity contribution is 9.10. The van der Waals surface area contributed by atoms with Gasteiger partial charge >= 0.3 is 0 Å². The fourth-order valence-corrected chi connectivity index (χ4v) is 1.55. The summed E-state index contributed by atoms with van der Waals surface area (Å²) in [5.74, 6) is 0.764. The minimum Gasteiger partial charge on any atom is -0.383 e. The van der Waals surface area contributed by atoms with E-state index in [0.29, 0.717) is 13.2 Å². The predicted molar refractivity (Wildman–Crippen MR) is 62.7 cm³/mol. The molecule has 0 saturated carbocycles. The first kappa shape index (κ1) is 12.4. The van der Waals surface area contributed by atoms with Gasteiger partial charge in [-0.05, 0) is 28.9 Å². The van der Waals surface area contributed by atoms with Gasteiger partial charge in [0.15, 0.2) is 0 Å². The van der Waals surface area contributed by atoms with Crippen molar-refractivity contribution in [1.29, 1.82) is 0 Å². The first-order valence-electron chi connectivity index (χ1n) is 4.69. The van der Waals surface area contributed by atoms with E-state index in [-0.39, 0.29) is 6.04 Å². The largest absolute Gasteiger partial charge is 0.383 e. The Morgan fingerprint density at radius 2 is 2.47 bits per heavy atom. The molecular formula is C9H15BrN4O. The number of hydrogen-bond acceptors (Lipinski definition) is 5. The van der Waals surface area contributed by atoms with Gasteiger partial charge in [0, 0.05) is 13.3 Å². The van der Waals surface area contributed by atoms with E-state index >= 15 is 0 Å². The minimum absolute atomic E-state index is 0.172. The second-order valence-corrected chi connectivity index (χ2v) is 3.95. The molecule has 0 aromatic carbocycles. The molecule has 1 unspecified atom stereocenters. The van der Waals surface area contributed by atoms with Gasteiger partial charge in [-0.25, -0.2) is 9.97 Å². The van der Waals surface area contributed by atoms with Crippen LogP contribution in [0.25, 0.3) is 0 Å². The monoisotopic (exact) mass is 274 g/mol. The van der Waals surface area contributed by atoms with E-state index in [1.54, 1.807) is 13.3 Å². The van der Waals surface area contributed by atoms with Crippen LogP contribution in [0.5, 0.6) is 0 Å². The Morgan fingerprint density at radius 3 is 3.07 bits per heavy atom. The summed E-state index contributed by atoms with van der Waals surface area (Å²) >= 11 is 3.37. The van der Waals surface area contributed by atoms with Crippen molar-refractivity contribution in [1.82, 2.24) is 9.97 Å². The van der Waals surface area contributed by atoms with Gasteiger partial charge in [-0.3, -0.25) is 0 Å². The van der Waals surface area contributed by atoms with Gasteiger partial charge in [-0.2, -0.15) is 0 Å². The van der Waals surface area contributed by atoms with Crippen LogP contribution in [0.3, 0.4) is 0 Å². The second-order valence-electron chi connectivity index (χ2n) is 3.09. The molecule has 1 aromatic rings. The summed E-state index contributed by atoms with van der Waals surface area (Å²) in [6.45, 7) is 1.22. The molecule has 6 heteroatoms. The second kappa shape index (κ2) is 6.71. The molecule has 0 amide bonds. The maximum atomic E-state index is 5.51. The van der Waals surface area contributed by atoms with E-state index in [1.165, 1.54) is 6.33 Å². The third-order valence-electron chi connectivity index (χ3n) is 1.89. The Hall–Kier alpha value is -0.720. The Balaban J connectivity index is 2.60. The van der Waals surface area contributed by atoms with Crippen LogP contribution in [0.15, 0.2) is 17.0 Å². The van der Waals surface area contributed by atoms with Crippen LogP contribution in [0, 0.1) is 0 Å². The highest BCUT2D eigenvalue weighted by atomic mass is 79.9. The Kier molecular flexibility index (Phi) is 5.52. The quantitative estimate of drug-likeness (QED) is 0.810. The molecular weight excluding hydrogens is 260 g/mol. The number of rotatable bonds is 6. The van der Waals surface area contributed by atoms with Crippen molar-refractivity contribution < 1.29 is 4.74 Å². The van der Waals surface area contributed by atoms with Gasteiger partial charge in [0.25, 0.3) is 0 Å². The van der Waals surface area contributed by atoms with Crippen LogP contribution >= 0.6 is 15.9 Å². The van der Waals surface area contributed by atoms with E-state index in [1.807, 2.05) is 0 Å². The Morgan fingerprint density at radius 1 is 1.67 bits per heavy atom. The van der Waals surface area contributed by atoms with Gasteiger partial charge in [0.2, 0.25) is 0 Å². The zero-order chi connectivity index (χ0) is 11.1. The van der Waals surface area contributed by atoms with Crippen molar-refractivity contribution >= 4 is 21.7 Å². The first-order valence-corrected chi connectivity index (χ1v) is 5.48. The molecule has 1 rings (SSSR count). The smallest absolute Gasteiger partial charge is 0.144 e. The molecule has 3 N–H and O–H groups in total. The number of aromatic nitrogens is 2. The fourth-order valence-electron chi connectivity index (χ4n) is 1.21. The molecule has 0 aliphatic carbocycles. The lowest BCUT2D eigenvalue weighted by molar-refractivity contribution is 0.183. The molecule has 0 aliphatic heterocycles. The first-order chi connectivity index (χ1) is 7.27. The Bertz CT molecular complexity index is 291. The number of nitrogens with one attached hydrogen (secondary N) is 1. The number of ether oxygens (including phenoxy) is 1. The summed E-state index contributed by atoms with van der Waals surface area (Å²) in [5.41, 5.74) is 5.51. The molecule has 1 heterocycles. The molecule has 1 aromatic heterocycles.